The first-order valence-corrected chi connectivity index (χ1v) is 9.88. The zero-order chi connectivity index (χ0) is 20.7. The first kappa shape index (κ1) is 20.8. The molecule has 0 saturated carbocycles. The van der Waals surface area contributed by atoms with E-state index in [0.29, 0.717) is 12.1 Å². The van der Waals surface area contributed by atoms with Crippen LogP contribution in [0.4, 0.5) is 13.2 Å². The van der Waals surface area contributed by atoms with E-state index >= 15 is 0 Å². The number of nitrogens with one attached hydrogen (secondary N) is 1. The number of unbranched alkanes of at least 4 members (excludes halogenated alkanes) is 1. The lowest BCUT2D eigenvalue weighted by Gasteiger charge is -2.23. The van der Waals surface area contributed by atoms with E-state index in [1.165, 1.54) is 18.2 Å². The lowest BCUT2D eigenvalue weighted by Crippen LogP contribution is -2.36. The van der Waals surface area contributed by atoms with Crippen molar-refractivity contribution in [2.24, 2.45) is 5.41 Å². The van der Waals surface area contributed by atoms with Gasteiger partial charge in [0.2, 0.25) is 11.8 Å². The quantitative estimate of drug-likeness (QED) is 0.525. The summed E-state index contributed by atoms with van der Waals surface area (Å²) in [6.07, 6.45) is -2.99. The molecule has 2 aromatic heterocycles. The average Bonchev–Trinajstić information content (AvgIpc) is 3.17. The van der Waals surface area contributed by atoms with Crippen molar-refractivity contribution in [2.45, 2.75) is 38.9 Å². The van der Waals surface area contributed by atoms with Gasteiger partial charge in [-0.25, -0.2) is 10.4 Å². The summed E-state index contributed by atoms with van der Waals surface area (Å²) in [4.78, 5) is 16.5. The minimum absolute atomic E-state index is 0.00681. The molecule has 2 aromatic rings. The van der Waals surface area contributed by atoms with Crippen LogP contribution in [0.15, 0.2) is 12.1 Å². The van der Waals surface area contributed by atoms with E-state index in [4.69, 9.17) is 4.74 Å². The van der Waals surface area contributed by atoms with Gasteiger partial charge in [0.15, 0.2) is 5.65 Å². The molecule has 1 atom stereocenters. The number of pyridine rings is 1. The molecule has 3 heterocycles. The van der Waals surface area contributed by atoms with Crippen LogP contribution in [0.2, 0.25) is 0 Å². The van der Waals surface area contributed by atoms with E-state index in [2.05, 4.69) is 31.4 Å². The van der Waals surface area contributed by atoms with Gasteiger partial charge in [0.25, 0.3) is 5.82 Å². The second-order valence-electron chi connectivity index (χ2n) is 7.14. The van der Waals surface area contributed by atoms with Crippen LogP contribution in [0.1, 0.15) is 44.1 Å². The molecule has 0 aliphatic carbocycles. The van der Waals surface area contributed by atoms with Crippen LogP contribution in [0.25, 0.3) is 5.65 Å². The van der Waals surface area contributed by atoms with Gasteiger partial charge in [-0.3, -0.25) is 9.80 Å². The largest absolute Gasteiger partial charge is 0.481 e. The number of hydrazine groups is 1. The highest BCUT2D eigenvalue weighted by Gasteiger charge is 2.49. The second kappa shape index (κ2) is 7.51. The van der Waals surface area contributed by atoms with Crippen molar-refractivity contribution in [3.05, 3.63) is 23.5 Å². The lowest BCUT2D eigenvalue weighted by molar-refractivity contribution is -0.144. The van der Waals surface area contributed by atoms with E-state index in [1.54, 1.807) is 19.9 Å². The zero-order valence-corrected chi connectivity index (χ0v) is 17.3. The van der Waals surface area contributed by atoms with Crippen LogP contribution in [0, 0.1) is 5.41 Å². The topological polar surface area (TPSA) is 71.8 Å². The van der Waals surface area contributed by atoms with Crippen LogP contribution in [0.3, 0.4) is 0 Å². The Balaban J connectivity index is 2.05. The van der Waals surface area contributed by atoms with Crippen LogP contribution < -0.4 is 10.2 Å². The minimum Gasteiger partial charge on any atom is -0.481 e. The SMILES string of the molecule is COc1ccc(C2NN(CCCCBr)C(=O)C2(C)C)c2nc(C(F)(F)F)nn12. The summed E-state index contributed by atoms with van der Waals surface area (Å²) < 4.78 is 45.6. The molecule has 1 aliphatic heterocycles. The van der Waals surface area contributed by atoms with Gasteiger partial charge in [0.05, 0.1) is 18.6 Å². The fourth-order valence-corrected chi connectivity index (χ4v) is 3.69. The Hall–Kier alpha value is -1.88. The number of rotatable bonds is 6. The maximum Gasteiger partial charge on any atom is 0.453 e. The molecule has 1 fully saturated rings. The highest BCUT2D eigenvalue weighted by atomic mass is 79.9. The first-order chi connectivity index (χ1) is 13.1. The molecule has 154 valence electrons. The molecule has 1 N–H and O–H groups in total. The van der Waals surface area contributed by atoms with Gasteiger partial charge in [0.1, 0.15) is 0 Å². The summed E-state index contributed by atoms with van der Waals surface area (Å²) in [5.41, 5.74) is 2.74. The Morgan fingerprint density at radius 3 is 2.64 bits per heavy atom. The zero-order valence-electron chi connectivity index (χ0n) is 15.7. The molecule has 7 nitrogen and oxygen atoms in total. The summed E-state index contributed by atoms with van der Waals surface area (Å²) in [6.45, 7) is 4.04. The van der Waals surface area contributed by atoms with Gasteiger partial charge in [-0.05, 0) is 32.8 Å². The number of carbonyl (C=O) groups excluding carboxylic acids is 1. The van der Waals surface area contributed by atoms with Gasteiger partial charge >= 0.3 is 6.18 Å². The molecule has 0 bridgehead atoms. The summed E-state index contributed by atoms with van der Waals surface area (Å²) in [5.74, 6) is -1.25. The van der Waals surface area contributed by atoms with Crippen molar-refractivity contribution in [2.75, 3.05) is 19.0 Å². The number of methoxy groups -OCH3 is 1. The van der Waals surface area contributed by atoms with E-state index in [-0.39, 0.29) is 17.4 Å². The van der Waals surface area contributed by atoms with Gasteiger partial charge in [-0.15, -0.1) is 5.10 Å². The van der Waals surface area contributed by atoms with Gasteiger partial charge in [0, 0.05) is 23.5 Å². The molecule has 3 rings (SSSR count). The summed E-state index contributed by atoms with van der Waals surface area (Å²) >= 11 is 3.36. The van der Waals surface area contributed by atoms with Gasteiger partial charge in [-0.2, -0.15) is 17.7 Å². The van der Waals surface area contributed by atoms with Crippen molar-refractivity contribution in [3.63, 3.8) is 0 Å². The van der Waals surface area contributed by atoms with Crippen molar-refractivity contribution in [1.29, 1.82) is 0 Å². The smallest absolute Gasteiger partial charge is 0.453 e. The maximum atomic E-state index is 13.2. The van der Waals surface area contributed by atoms with Gasteiger partial charge < -0.3 is 4.74 Å². The highest BCUT2D eigenvalue weighted by molar-refractivity contribution is 9.09. The summed E-state index contributed by atoms with van der Waals surface area (Å²) in [7, 11) is 1.34. The fourth-order valence-electron chi connectivity index (χ4n) is 3.29. The van der Waals surface area contributed by atoms with Gasteiger partial charge in [-0.1, -0.05) is 15.9 Å². The molecule has 1 unspecified atom stereocenters. The number of ether oxygens (including phenoxy) is 1. The van der Waals surface area contributed by atoms with Crippen molar-refractivity contribution >= 4 is 27.5 Å². The second-order valence-corrected chi connectivity index (χ2v) is 7.93. The molecule has 1 saturated heterocycles. The monoisotopic (exact) mass is 463 g/mol. The van der Waals surface area contributed by atoms with Crippen molar-refractivity contribution in [3.8, 4) is 5.88 Å². The molecule has 11 heteroatoms. The van der Waals surface area contributed by atoms with E-state index < -0.39 is 23.5 Å². The van der Waals surface area contributed by atoms with E-state index in [1.807, 2.05) is 0 Å². The molecule has 1 amide bonds. The number of hydrogen-bond donors (Lipinski definition) is 1. The molecular formula is C17H21BrF3N5O2. The first-order valence-electron chi connectivity index (χ1n) is 8.76. The Bertz CT molecular complexity index is 884. The Kier molecular flexibility index (Phi) is 5.59. The molecule has 0 spiro atoms. The Morgan fingerprint density at radius 1 is 1.32 bits per heavy atom. The third-order valence-corrected chi connectivity index (χ3v) is 5.38. The number of aromatic nitrogens is 3. The fraction of sp³-hybridized carbons (Fsp3) is 0.588. The Morgan fingerprint density at radius 2 is 2.04 bits per heavy atom. The van der Waals surface area contributed by atoms with Crippen LogP contribution in [0.5, 0.6) is 5.88 Å². The summed E-state index contributed by atoms with van der Waals surface area (Å²) in [6, 6.07) is 2.59. The summed E-state index contributed by atoms with van der Waals surface area (Å²) in [5, 5.41) is 5.93. The Labute approximate surface area is 168 Å². The predicted octanol–water partition coefficient (Wildman–Crippen LogP) is 3.35. The lowest BCUT2D eigenvalue weighted by atomic mass is 9.82. The van der Waals surface area contributed by atoms with Crippen molar-refractivity contribution < 1.29 is 22.7 Å². The molecule has 0 aromatic carbocycles. The highest BCUT2D eigenvalue weighted by Crippen LogP contribution is 2.42. The predicted molar refractivity (Wildman–Crippen MR) is 98.9 cm³/mol. The number of amides is 1. The van der Waals surface area contributed by atoms with Crippen LogP contribution in [-0.2, 0) is 11.0 Å². The number of fused-ring (bicyclic) bond motifs is 1. The van der Waals surface area contributed by atoms with E-state index in [9.17, 15) is 18.0 Å². The molecule has 1 aliphatic rings. The van der Waals surface area contributed by atoms with Crippen LogP contribution >= 0.6 is 15.9 Å². The molecular weight excluding hydrogens is 443 g/mol. The number of nitrogens with zero attached hydrogens (tertiary/aromatic N) is 4. The average molecular weight is 464 g/mol. The maximum absolute atomic E-state index is 13.2. The van der Waals surface area contributed by atoms with Crippen molar-refractivity contribution in [1.82, 2.24) is 25.0 Å². The number of carbonyl (C=O) groups is 1. The number of hydrogen-bond acceptors (Lipinski definition) is 5. The third-order valence-electron chi connectivity index (χ3n) is 4.82. The molecule has 28 heavy (non-hydrogen) atoms. The number of alkyl halides is 4. The minimum atomic E-state index is -4.69. The van der Waals surface area contributed by atoms with E-state index in [0.717, 1.165) is 22.7 Å². The standard InChI is InChI=1S/C17H21BrF3N5O2/c1-16(2)12(23-25(15(16)27)9-5-4-8-18)10-6-7-11(28-3)26-13(10)22-14(24-26)17(19,20)21/h6-7,12,23H,4-5,8-9H2,1-3H3. The normalized spacial score (nSPS) is 19.6. The molecule has 0 radical (unpaired) electrons. The number of halogens is 4. The van der Waals surface area contributed by atoms with Crippen LogP contribution in [-0.4, -0.2) is 44.5 Å². The third kappa shape index (κ3) is 3.57.